The number of amides is 1. The topological polar surface area (TPSA) is 83.1 Å². The zero-order valence-corrected chi connectivity index (χ0v) is 19.7. The van der Waals surface area contributed by atoms with Gasteiger partial charge in [-0.1, -0.05) is 23.7 Å². The second-order valence-electron chi connectivity index (χ2n) is 9.37. The summed E-state index contributed by atoms with van der Waals surface area (Å²) in [5, 5.41) is 3.01. The second-order valence-corrected chi connectivity index (χ2v) is 9.77. The number of methoxy groups -OCH3 is 1. The van der Waals surface area contributed by atoms with Gasteiger partial charge in [0.25, 0.3) is 0 Å². The first-order valence-electron chi connectivity index (χ1n) is 9.86. The van der Waals surface area contributed by atoms with Gasteiger partial charge in [0.1, 0.15) is 11.6 Å². The van der Waals surface area contributed by atoms with Crippen molar-refractivity contribution in [3.63, 3.8) is 0 Å². The van der Waals surface area contributed by atoms with E-state index in [0.29, 0.717) is 10.6 Å². The fourth-order valence-electron chi connectivity index (χ4n) is 2.88. The molecule has 30 heavy (non-hydrogen) atoms. The Morgan fingerprint density at radius 2 is 1.73 bits per heavy atom. The summed E-state index contributed by atoms with van der Waals surface area (Å²) in [7, 11) is 0.690. The number of esters is 1. The summed E-state index contributed by atoms with van der Waals surface area (Å²) in [6.45, 7) is 13.1. The van der Waals surface area contributed by atoms with Crippen molar-refractivity contribution in [2.45, 2.75) is 77.7 Å². The van der Waals surface area contributed by atoms with Gasteiger partial charge in [-0.15, -0.1) is 0 Å². The highest BCUT2D eigenvalue weighted by Crippen LogP contribution is 2.36. The van der Waals surface area contributed by atoms with E-state index in [1.807, 2.05) is 39.8 Å². The Kier molecular flexibility index (Phi) is 7.16. The molecule has 1 atom stereocenters. The molecule has 0 saturated carbocycles. The van der Waals surface area contributed by atoms with Crippen molar-refractivity contribution in [3.05, 3.63) is 28.8 Å². The maximum Gasteiger partial charge on any atom is 0.494 e. The van der Waals surface area contributed by atoms with Crippen molar-refractivity contribution >= 4 is 36.2 Å². The summed E-state index contributed by atoms with van der Waals surface area (Å²) in [4.78, 5) is 24.4. The van der Waals surface area contributed by atoms with Crippen LogP contribution in [0.15, 0.2) is 18.2 Å². The molecule has 0 radical (unpaired) electrons. The number of carbonyl (C=O) groups is 2. The molecule has 0 bridgehead atoms. The van der Waals surface area contributed by atoms with Gasteiger partial charge >= 0.3 is 19.2 Å². The van der Waals surface area contributed by atoms with Gasteiger partial charge in [0.2, 0.25) is 0 Å². The Morgan fingerprint density at radius 3 is 2.23 bits per heavy atom. The van der Waals surface area contributed by atoms with Crippen LogP contribution >= 0.6 is 11.6 Å². The SMILES string of the molecule is COC(=O)[C@H](Cc1cc(B2OC(C)(C)C(C)(C)O2)ccc1Cl)NC(=O)OC(C)(C)C. The number of benzene rings is 1. The summed E-state index contributed by atoms with van der Waals surface area (Å²) in [6.07, 6.45) is -0.589. The minimum absolute atomic E-state index is 0.123. The maximum atomic E-state index is 12.3. The number of nitrogens with one attached hydrogen (secondary N) is 1. The zero-order chi connectivity index (χ0) is 22.9. The average Bonchev–Trinajstić information content (AvgIpc) is 2.81. The standard InChI is InChI=1S/C21H31BClNO6/c1-19(2,3)28-18(26)24-16(17(25)27-8)12-13-11-14(9-10-15(13)23)22-29-20(4,5)21(6,7)30-22/h9-11,16H,12H2,1-8H3,(H,24,26)/t16-/m0/s1. The molecule has 1 amide bonds. The minimum Gasteiger partial charge on any atom is -0.467 e. The summed E-state index contributed by atoms with van der Waals surface area (Å²) in [5.74, 6) is -0.599. The molecule has 1 aromatic rings. The van der Waals surface area contributed by atoms with Gasteiger partial charge in [-0.2, -0.15) is 0 Å². The molecular weight excluding hydrogens is 408 g/mol. The van der Waals surface area contributed by atoms with E-state index < -0.39 is 42.0 Å². The van der Waals surface area contributed by atoms with Crippen LogP contribution in [0.25, 0.3) is 0 Å². The third-order valence-electron chi connectivity index (χ3n) is 5.20. The molecule has 166 valence electrons. The molecular formula is C21H31BClNO6. The Balaban J connectivity index is 2.23. The van der Waals surface area contributed by atoms with Crippen molar-refractivity contribution in [1.29, 1.82) is 0 Å². The summed E-state index contributed by atoms with van der Waals surface area (Å²) >= 11 is 6.37. The normalized spacial score (nSPS) is 18.6. The lowest BCUT2D eigenvalue weighted by atomic mass is 9.78. The molecule has 1 N–H and O–H groups in total. The Bertz CT molecular complexity index is 789. The number of ether oxygens (including phenoxy) is 2. The van der Waals surface area contributed by atoms with Crippen molar-refractivity contribution in [2.75, 3.05) is 7.11 Å². The molecule has 1 aromatic carbocycles. The lowest BCUT2D eigenvalue weighted by molar-refractivity contribution is -0.143. The molecule has 0 aromatic heterocycles. The third kappa shape index (κ3) is 5.90. The van der Waals surface area contributed by atoms with E-state index in [4.69, 9.17) is 30.4 Å². The number of rotatable bonds is 5. The molecule has 1 aliphatic heterocycles. The van der Waals surface area contributed by atoms with Crippen LogP contribution in [0.5, 0.6) is 0 Å². The van der Waals surface area contributed by atoms with Crippen molar-refractivity contribution in [2.24, 2.45) is 0 Å². The van der Waals surface area contributed by atoms with Crippen LogP contribution in [0.4, 0.5) is 4.79 Å². The van der Waals surface area contributed by atoms with Gasteiger partial charge in [0.15, 0.2) is 0 Å². The van der Waals surface area contributed by atoms with Gasteiger partial charge in [-0.05, 0) is 65.6 Å². The zero-order valence-electron chi connectivity index (χ0n) is 18.9. The monoisotopic (exact) mass is 439 g/mol. The fraction of sp³-hybridized carbons (Fsp3) is 0.619. The van der Waals surface area contributed by atoms with E-state index in [9.17, 15) is 9.59 Å². The number of alkyl carbamates (subject to hydrolysis) is 1. The maximum absolute atomic E-state index is 12.3. The molecule has 7 nitrogen and oxygen atoms in total. The van der Waals surface area contributed by atoms with Crippen LogP contribution < -0.4 is 10.8 Å². The van der Waals surface area contributed by atoms with E-state index in [2.05, 4.69) is 5.32 Å². The molecule has 1 aliphatic rings. The highest BCUT2D eigenvalue weighted by atomic mass is 35.5. The van der Waals surface area contributed by atoms with Crippen molar-refractivity contribution in [3.8, 4) is 0 Å². The van der Waals surface area contributed by atoms with Gasteiger partial charge in [-0.25, -0.2) is 9.59 Å². The number of halogens is 1. The van der Waals surface area contributed by atoms with Crippen molar-refractivity contribution < 1.29 is 28.4 Å². The van der Waals surface area contributed by atoms with Crippen molar-refractivity contribution in [1.82, 2.24) is 5.32 Å². The predicted octanol–water partition coefficient (Wildman–Crippen LogP) is 3.25. The first-order chi connectivity index (χ1) is 13.6. The first kappa shape index (κ1) is 24.5. The van der Waals surface area contributed by atoms with E-state index in [1.165, 1.54) is 7.11 Å². The van der Waals surface area contributed by atoms with Gasteiger partial charge < -0.3 is 24.1 Å². The van der Waals surface area contributed by atoms with Gasteiger partial charge in [0, 0.05) is 11.4 Å². The van der Waals surface area contributed by atoms with E-state index in [0.717, 1.165) is 5.46 Å². The number of hydrogen-bond donors (Lipinski definition) is 1. The Labute approximate surface area is 183 Å². The lowest BCUT2D eigenvalue weighted by Gasteiger charge is -2.32. The van der Waals surface area contributed by atoms with Crippen LogP contribution in [0.1, 0.15) is 54.0 Å². The summed E-state index contributed by atoms with van der Waals surface area (Å²) < 4.78 is 22.3. The highest BCUT2D eigenvalue weighted by molar-refractivity contribution is 6.62. The van der Waals surface area contributed by atoms with Crippen LogP contribution in [0, 0.1) is 0 Å². The van der Waals surface area contributed by atoms with Crippen LogP contribution in [-0.4, -0.2) is 49.1 Å². The third-order valence-corrected chi connectivity index (χ3v) is 5.56. The van der Waals surface area contributed by atoms with E-state index in [-0.39, 0.29) is 6.42 Å². The number of carbonyl (C=O) groups excluding carboxylic acids is 2. The Morgan fingerprint density at radius 1 is 1.17 bits per heavy atom. The summed E-state index contributed by atoms with van der Waals surface area (Å²) in [5.41, 5.74) is -0.238. The minimum atomic E-state index is -0.962. The molecule has 0 aliphatic carbocycles. The van der Waals surface area contributed by atoms with Crippen LogP contribution in [0.2, 0.25) is 5.02 Å². The average molecular weight is 440 g/mol. The van der Waals surface area contributed by atoms with E-state index >= 15 is 0 Å². The smallest absolute Gasteiger partial charge is 0.467 e. The highest BCUT2D eigenvalue weighted by Gasteiger charge is 2.51. The molecule has 1 fully saturated rings. The lowest BCUT2D eigenvalue weighted by Crippen LogP contribution is -2.45. The largest absolute Gasteiger partial charge is 0.494 e. The molecule has 1 heterocycles. The molecule has 9 heteroatoms. The molecule has 0 unspecified atom stereocenters. The molecule has 2 rings (SSSR count). The van der Waals surface area contributed by atoms with Crippen LogP contribution in [0.3, 0.4) is 0 Å². The molecule has 0 spiro atoms. The second kappa shape index (κ2) is 8.77. The van der Waals surface area contributed by atoms with Crippen LogP contribution in [-0.2, 0) is 30.0 Å². The predicted molar refractivity (Wildman–Crippen MR) is 116 cm³/mol. The van der Waals surface area contributed by atoms with Gasteiger partial charge in [0.05, 0.1) is 18.3 Å². The van der Waals surface area contributed by atoms with E-state index in [1.54, 1.807) is 26.8 Å². The molecule has 1 saturated heterocycles. The number of hydrogen-bond acceptors (Lipinski definition) is 6. The van der Waals surface area contributed by atoms with Gasteiger partial charge in [-0.3, -0.25) is 0 Å². The Hall–Kier alpha value is -1.77. The summed E-state index contributed by atoms with van der Waals surface area (Å²) in [6, 6.07) is 4.40. The first-order valence-corrected chi connectivity index (χ1v) is 10.2. The fourth-order valence-corrected chi connectivity index (χ4v) is 3.08. The quantitative estimate of drug-likeness (QED) is 0.560.